The summed E-state index contributed by atoms with van der Waals surface area (Å²) < 4.78 is 26.7. The number of anilines is 2. The lowest BCUT2D eigenvalue weighted by Crippen LogP contribution is -2.25. The van der Waals surface area contributed by atoms with E-state index in [2.05, 4.69) is 27.5 Å². The normalized spacial score (nSPS) is 10.5. The topological polar surface area (TPSA) is 66.9 Å². The number of aromatic nitrogens is 2. The summed E-state index contributed by atoms with van der Waals surface area (Å²) >= 11 is 0. The van der Waals surface area contributed by atoms with E-state index in [-0.39, 0.29) is 23.1 Å². The Labute approximate surface area is 139 Å². The third kappa shape index (κ3) is 4.97. The Morgan fingerprint density at radius 2 is 1.96 bits per heavy atom. The molecule has 1 aromatic carbocycles. The van der Waals surface area contributed by atoms with Crippen molar-refractivity contribution in [2.24, 2.45) is 0 Å². The van der Waals surface area contributed by atoms with Crippen molar-refractivity contribution in [1.82, 2.24) is 15.3 Å². The molecule has 0 bridgehead atoms. The van der Waals surface area contributed by atoms with Gasteiger partial charge < -0.3 is 10.6 Å². The van der Waals surface area contributed by atoms with Crippen molar-refractivity contribution in [2.75, 3.05) is 11.9 Å². The van der Waals surface area contributed by atoms with Crippen LogP contribution in [0.4, 0.5) is 20.3 Å². The first-order chi connectivity index (χ1) is 11.5. The predicted molar refractivity (Wildman–Crippen MR) is 88.3 cm³/mol. The van der Waals surface area contributed by atoms with Crippen LogP contribution in [0.25, 0.3) is 0 Å². The Morgan fingerprint density at radius 3 is 2.67 bits per heavy atom. The molecular formula is C17H20F2N4O. The molecule has 24 heavy (non-hydrogen) atoms. The smallest absolute Gasteiger partial charge is 0.270 e. The number of nitrogens with one attached hydrogen (secondary N) is 2. The van der Waals surface area contributed by atoms with Crippen molar-refractivity contribution in [3.8, 4) is 0 Å². The van der Waals surface area contributed by atoms with E-state index in [0.717, 1.165) is 31.4 Å². The Hall–Kier alpha value is -2.57. The van der Waals surface area contributed by atoms with E-state index in [9.17, 15) is 13.6 Å². The van der Waals surface area contributed by atoms with Crippen LogP contribution in [-0.2, 0) is 0 Å². The summed E-state index contributed by atoms with van der Waals surface area (Å²) in [6.45, 7) is 4.30. The Kier molecular flexibility index (Phi) is 6.17. The molecule has 1 aromatic heterocycles. The summed E-state index contributed by atoms with van der Waals surface area (Å²) in [6, 6.07) is 4.62. The molecule has 0 fully saturated rings. The summed E-state index contributed by atoms with van der Waals surface area (Å²) in [4.78, 5) is 20.3. The van der Waals surface area contributed by atoms with Gasteiger partial charge in [-0.1, -0.05) is 19.8 Å². The number of aryl methyl sites for hydroxylation is 1. The van der Waals surface area contributed by atoms with Gasteiger partial charge in [0.15, 0.2) is 0 Å². The van der Waals surface area contributed by atoms with Gasteiger partial charge in [-0.05, 0) is 25.5 Å². The minimum absolute atomic E-state index is 0.0730. The van der Waals surface area contributed by atoms with Crippen molar-refractivity contribution >= 4 is 17.4 Å². The maximum Gasteiger partial charge on any atom is 0.270 e. The minimum atomic E-state index is -0.739. The van der Waals surface area contributed by atoms with E-state index in [1.54, 1.807) is 6.92 Å². The van der Waals surface area contributed by atoms with Crippen LogP contribution in [0.2, 0.25) is 0 Å². The highest BCUT2D eigenvalue weighted by Crippen LogP contribution is 2.20. The highest BCUT2D eigenvalue weighted by atomic mass is 19.1. The minimum Gasteiger partial charge on any atom is -0.351 e. The molecule has 0 spiro atoms. The van der Waals surface area contributed by atoms with E-state index in [1.165, 1.54) is 12.1 Å². The molecule has 0 radical (unpaired) electrons. The lowest BCUT2D eigenvalue weighted by atomic mass is 10.2. The summed E-state index contributed by atoms with van der Waals surface area (Å²) in [7, 11) is 0. The molecule has 2 rings (SSSR count). The fourth-order valence-corrected chi connectivity index (χ4v) is 2.14. The lowest BCUT2D eigenvalue weighted by Gasteiger charge is -2.10. The van der Waals surface area contributed by atoms with E-state index in [0.29, 0.717) is 12.4 Å². The number of hydrogen-bond acceptors (Lipinski definition) is 4. The van der Waals surface area contributed by atoms with Crippen LogP contribution in [-0.4, -0.2) is 22.4 Å². The van der Waals surface area contributed by atoms with Crippen LogP contribution in [0.15, 0.2) is 24.3 Å². The Morgan fingerprint density at radius 1 is 1.17 bits per heavy atom. The average molecular weight is 334 g/mol. The second-order valence-electron chi connectivity index (χ2n) is 5.40. The van der Waals surface area contributed by atoms with E-state index >= 15 is 0 Å². The number of hydrogen-bond donors (Lipinski definition) is 2. The molecule has 2 aromatic rings. The molecule has 0 aliphatic rings. The van der Waals surface area contributed by atoms with Crippen molar-refractivity contribution in [3.05, 3.63) is 47.4 Å². The zero-order valence-electron chi connectivity index (χ0n) is 13.7. The van der Waals surface area contributed by atoms with Gasteiger partial charge in [-0.25, -0.2) is 18.7 Å². The fraction of sp³-hybridized carbons (Fsp3) is 0.353. The molecule has 0 saturated heterocycles. The number of carbonyl (C=O) groups is 1. The summed E-state index contributed by atoms with van der Waals surface area (Å²) in [5.74, 6) is -1.06. The first-order valence-corrected chi connectivity index (χ1v) is 7.85. The van der Waals surface area contributed by atoms with Gasteiger partial charge in [0.1, 0.15) is 29.0 Å². The second kappa shape index (κ2) is 8.33. The van der Waals surface area contributed by atoms with E-state index in [4.69, 9.17) is 0 Å². The monoisotopic (exact) mass is 334 g/mol. The number of halogens is 2. The largest absolute Gasteiger partial charge is 0.351 e. The van der Waals surface area contributed by atoms with Crippen molar-refractivity contribution in [1.29, 1.82) is 0 Å². The molecule has 128 valence electrons. The molecule has 0 atom stereocenters. The molecule has 1 amide bonds. The van der Waals surface area contributed by atoms with Crippen molar-refractivity contribution in [2.45, 2.75) is 33.1 Å². The van der Waals surface area contributed by atoms with Gasteiger partial charge in [0.2, 0.25) is 0 Å². The maximum atomic E-state index is 13.7. The van der Waals surface area contributed by atoms with Crippen LogP contribution in [0.1, 0.15) is 42.5 Å². The fourth-order valence-electron chi connectivity index (χ4n) is 2.14. The van der Waals surface area contributed by atoms with Crippen LogP contribution < -0.4 is 10.6 Å². The molecule has 5 nitrogen and oxygen atoms in total. The molecular weight excluding hydrogens is 314 g/mol. The SMILES string of the molecule is CCCCCNC(=O)c1cc(Nc2ccc(F)cc2F)nc(C)n1. The van der Waals surface area contributed by atoms with Gasteiger partial charge in [0.25, 0.3) is 5.91 Å². The predicted octanol–water partition coefficient (Wildman–Crippen LogP) is 3.73. The first-order valence-electron chi connectivity index (χ1n) is 7.85. The van der Waals surface area contributed by atoms with Crippen molar-refractivity contribution in [3.63, 3.8) is 0 Å². The Balaban J connectivity index is 2.11. The molecule has 1 heterocycles. The molecule has 0 saturated carbocycles. The maximum absolute atomic E-state index is 13.7. The number of nitrogens with zero attached hydrogens (tertiary/aromatic N) is 2. The average Bonchev–Trinajstić information content (AvgIpc) is 2.53. The molecule has 2 N–H and O–H groups in total. The highest BCUT2D eigenvalue weighted by Gasteiger charge is 2.11. The quantitative estimate of drug-likeness (QED) is 0.757. The summed E-state index contributed by atoms with van der Waals surface area (Å²) in [5.41, 5.74) is 0.271. The number of rotatable bonds is 7. The van der Waals surface area contributed by atoms with Gasteiger partial charge in [-0.3, -0.25) is 4.79 Å². The summed E-state index contributed by atoms with van der Waals surface area (Å²) in [5, 5.41) is 5.53. The van der Waals surface area contributed by atoms with Gasteiger partial charge in [0, 0.05) is 18.7 Å². The Bertz CT molecular complexity index is 722. The first kappa shape index (κ1) is 17.8. The third-order valence-electron chi connectivity index (χ3n) is 3.33. The number of unbranched alkanes of at least 4 members (excludes halogenated alkanes) is 2. The zero-order valence-corrected chi connectivity index (χ0v) is 13.7. The lowest BCUT2D eigenvalue weighted by molar-refractivity contribution is 0.0947. The third-order valence-corrected chi connectivity index (χ3v) is 3.33. The van der Waals surface area contributed by atoms with Gasteiger partial charge in [-0.15, -0.1) is 0 Å². The number of benzene rings is 1. The van der Waals surface area contributed by atoms with E-state index in [1.807, 2.05) is 0 Å². The molecule has 0 aliphatic heterocycles. The van der Waals surface area contributed by atoms with E-state index < -0.39 is 11.6 Å². The van der Waals surface area contributed by atoms with Crippen LogP contribution in [0.3, 0.4) is 0 Å². The summed E-state index contributed by atoms with van der Waals surface area (Å²) in [6.07, 6.45) is 3.01. The standard InChI is InChI=1S/C17H20F2N4O/c1-3-4-5-8-20-17(24)15-10-16(22-11(2)21-15)23-14-7-6-12(18)9-13(14)19/h6-7,9-10H,3-5,8H2,1-2H3,(H,20,24)(H,21,22,23). The van der Waals surface area contributed by atoms with Crippen LogP contribution in [0, 0.1) is 18.6 Å². The highest BCUT2D eigenvalue weighted by molar-refractivity contribution is 5.93. The van der Waals surface area contributed by atoms with Gasteiger partial charge in [-0.2, -0.15) is 0 Å². The molecule has 0 unspecified atom stereocenters. The zero-order chi connectivity index (χ0) is 17.5. The number of carbonyl (C=O) groups excluding carboxylic acids is 1. The molecule has 0 aliphatic carbocycles. The number of amides is 1. The van der Waals surface area contributed by atoms with Crippen LogP contribution >= 0.6 is 0 Å². The van der Waals surface area contributed by atoms with Crippen molar-refractivity contribution < 1.29 is 13.6 Å². The van der Waals surface area contributed by atoms with Crippen LogP contribution in [0.5, 0.6) is 0 Å². The van der Waals surface area contributed by atoms with Gasteiger partial charge >= 0.3 is 0 Å². The molecule has 7 heteroatoms. The van der Waals surface area contributed by atoms with Gasteiger partial charge in [0.05, 0.1) is 5.69 Å². The second-order valence-corrected chi connectivity index (χ2v) is 5.40.